The zero-order valence-corrected chi connectivity index (χ0v) is 14.9. The van der Waals surface area contributed by atoms with Gasteiger partial charge in [-0.15, -0.1) is 0 Å². The average Bonchev–Trinajstić information content (AvgIpc) is 2.60. The van der Waals surface area contributed by atoms with Crippen molar-refractivity contribution in [1.82, 2.24) is 10.2 Å². The van der Waals surface area contributed by atoms with Gasteiger partial charge in [-0.3, -0.25) is 9.69 Å². The number of carboxylic acids is 1. The molecule has 2 atom stereocenters. The van der Waals surface area contributed by atoms with Crippen molar-refractivity contribution in [3.05, 3.63) is 35.9 Å². The Kier molecular flexibility index (Phi) is 7.59. The number of nitrogens with zero attached hydrogens (tertiary/aromatic N) is 1. The van der Waals surface area contributed by atoms with Crippen molar-refractivity contribution in [1.29, 1.82) is 0 Å². The Morgan fingerprint density at radius 2 is 1.92 bits per heavy atom. The smallest absolute Gasteiger partial charge is 0.326 e. The van der Waals surface area contributed by atoms with E-state index in [0.29, 0.717) is 6.42 Å². The van der Waals surface area contributed by atoms with E-state index in [0.717, 1.165) is 43.0 Å². The summed E-state index contributed by atoms with van der Waals surface area (Å²) in [5, 5.41) is 12.1. The SMILES string of the molecule is CCCCC(NC(=O)C(c1ccccc1)N1CCSCC1)C(=O)O. The van der Waals surface area contributed by atoms with Crippen molar-refractivity contribution in [2.45, 2.75) is 38.3 Å². The lowest BCUT2D eigenvalue weighted by atomic mass is 10.0. The number of benzene rings is 1. The summed E-state index contributed by atoms with van der Waals surface area (Å²) in [7, 11) is 0. The first kappa shape index (κ1) is 18.8. The van der Waals surface area contributed by atoms with Crippen molar-refractivity contribution in [2.24, 2.45) is 0 Å². The first-order chi connectivity index (χ1) is 11.6. The maximum Gasteiger partial charge on any atom is 0.326 e. The van der Waals surface area contributed by atoms with Crippen molar-refractivity contribution in [2.75, 3.05) is 24.6 Å². The molecule has 0 spiro atoms. The van der Waals surface area contributed by atoms with Gasteiger partial charge < -0.3 is 10.4 Å². The van der Waals surface area contributed by atoms with Gasteiger partial charge in [0.1, 0.15) is 12.1 Å². The molecule has 1 amide bonds. The van der Waals surface area contributed by atoms with E-state index >= 15 is 0 Å². The second kappa shape index (κ2) is 9.69. The number of hydrogen-bond acceptors (Lipinski definition) is 4. The molecule has 1 aliphatic heterocycles. The molecule has 1 aromatic rings. The van der Waals surface area contributed by atoms with E-state index in [1.165, 1.54) is 0 Å². The van der Waals surface area contributed by atoms with Gasteiger partial charge >= 0.3 is 5.97 Å². The second-order valence-electron chi connectivity index (χ2n) is 6.00. The van der Waals surface area contributed by atoms with Gasteiger partial charge in [-0.2, -0.15) is 11.8 Å². The van der Waals surface area contributed by atoms with Gasteiger partial charge in [-0.25, -0.2) is 4.79 Å². The Bertz CT molecular complexity index is 532. The Labute approximate surface area is 147 Å². The fourth-order valence-electron chi connectivity index (χ4n) is 2.92. The number of nitrogens with one attached hydrogen (secondary N) is 1. The number of hydrogen-bond donors (Lipinski definition) is 2. The van der Waals surface area contributed by atoms with Crippen LogP contribution in [-0.2, 0) is 9.59 Å². The minimum Gasteiger partial charge on any atom is -0.480 e. The van der Waals surface area contributed by atoms with Crippen LogP contribution in [0.25, 0.3) is 0 Å². The van der Waals surface area contributed by atoms with Crippen LogP contribution in [-0.4, -0.2) is 52.5 Å². The molecule has 132 valence electrons. The molecule has 0 saturated carbocycles. The van der Waals surface area contributed by atoms with Crippen LogP contribution in [0.1, 0.15) is 37.8 Å². The molecule has 24 heavy (non-hydrogen) atoms. The standard InChI is InChI=1S/C18H26N2O3S/c1-2-3-9-15(18(22)23)19-17(21)16(14-7-5-4-6-8-14)20-10-12-24-13-11-20/h4-8,15-16H,2-3,9-13H2,1H3,(H,19,21)(H,22,23). The highest BCUT2D eigenvalue weighted by Crippen LogP contribution is 2.24. The molecule has 2 unspecified atom stereocenters. The van der Waals surface area contributed by atoms with Crippen molar-refractivity contribution < 1.29 is 14.7 Å². The van der Waals surface area contributed by atoms with Crippen LogP contribution in [0.4, 0.5) is 0 Å². The minimum atomic E-state index is -0.960. The lowest BCUT2D eigenvalue weighted by molar-refractivity contribution is -0.143. The van der Waals surface area contributed by atoms with E-state index in [1.54, 1.807) is 0 Å². The fraction of sp³-hybridized carbons (Fsp3) is 0.556. The van der Waals surface area contributed by atoms with Crippen molar-refractivity contribution in [3.8, 4) is 0 Å². The van der Waals surface area contributed by atoms with E-state index in [9.17, 15) is 14.7 Å². The Morgan fingerprint density at radius 1 is 1.25 bits per heavy atom. The topological polar surface area (TPSA) is 69.6 Å². The van der Waals surface area contributed by atoms with Crippen LogP contribution in [0.5, 0.6) is 0 Å². The third-order valence-electron chi connectivity index (χ3n) is 4.24. The number of thioether (sulfide) groups is 1. The number of aliphatic carboxylic acids is 1. The first-order valence-electron chi connectivity index (χ1n) is 8.53. The van der Waals surface area contributed by atoms with Crippen LogP contribution >= 0.6 is 11.8 Å². The lowest BCUT2D eigenvalue weighted by Crippen LogP contribution is -2.49. The van der Waals surface area contributed by atoms with Crippen LogP contribution in [0.3, 0.4) is 0 Å². The van der Waals surface area contributed by atoms with Gasteiger partial charge in [0.05, 0.1) is 0 Å². The molecule has 2 N–H and O–H groups in total. The van der Waals surface area contributed by atoms with Gasteiger partial charge in [0.15, 0.2) is 0 Å². The molecule has 5 nitrogen and oxygen atoms in total. The zero-order valence-electron chi connectivity index (χ0n) is 14.1. The average molecular weight is 350 g/mol. The third kappa shape index (κ3) is 5.24. The summed E-state index contributed by atoms with van der Waals surface area (Å²) < 4.78 is 0. The predicted molar refractivity (Wildman–Crippen MR) is 97.2 cm³/mol. The van der Waals surface area contributed by atoms with Crippen molar-refractivity contribution in [3.63, 3.8) is 0 Å². The number of unbranched alkanes of at least 4 members (excludes halogenated alkanes) is 1. The van der Waals surface area contributed by atoms with Crippen LogP contribution in [0.15, 0.2) is 30.3 Å². The number of amides is 1. The number of rotatable bonds is 8. The highest BCUT2D eigenvalue weighted by molar-refractivity contribution is 7.99. The largest absolute Gasteiger partial charge is 0.480 e. The maximum atomic E-state index is 12.9. The highest BCUT2D eigenvalue weighted by atomic mass is 32.2. The fourth-order valence-corrected chi connectivity index (χ4v) is 3.85. The predicted octanol–water partition coefficient (Wildman–Crippen LogP) is 2.54. The molecular formula is C18H26N2O3S. The molecule has 0 bridgehead atoms. The summed E-state index contributed by atoms with van der Waals surface area (Å²) >= 11 is 1.89. The van der Waals surface area contributed by atoms with Gasteiger partial charge in [-0.05, 0) is 12.0 Å². The van der Waals surface area contributed by atoms with E-state index in [-0.39, 0.29) is 5.91 Å². The molecule has 1 saturated heterocycles. The van der Waals surface area contributed by atoms with Crippen LogP contribution in [0, 0.1) is 0 Å². The number of carbonyl (C=O) groups excluding carboxylic acids is 1. The van der Waals surface area contributed by atoms with E-state index in [1.807, 2.05) is 49.0 Å². The quantitative estimate of drug-likeness (QED) is 0.754. The van der Waals surface area contributed by atoms with Gasteiger partial charge in [-0.1, -0.05) is 50.1 Å². The maximum absolute atomic E-state index is 12.9. The van der Waals surface area contributed by atoms with E-state index in [2.05, 4.69) is 10.2 Å². The minimum absolute atomic E-state index is 0.211. The first-order valence-corrected chi connectivity index (χ1v) is 9.69. The summed E-state index contributed by atoms with van der Waals surface area (Å²) in [6.45, 7) is 3.69. The zero-order chi connectivity index (χ0) is 17.4. The second-order valence-corrected chi connectivity index (χ2v) is 7.23. The van der Waals surface area contributed by atoms with E-state index in [4.69, 9.17) is 0 Å². The highest BCUT2D eigenvalue weighted by Gasteiger charge is 2.31. The molecule has 1 fully saturated rings. The number of carbonyl (C=O) groups is 2. The monoisotopic (exact) mass is 350 g/mol. The Morgan fingerprint density at radius 3 is 2.50 bits per heavy atom. The summed E-state index contributed by atoms with van der Waals surface area (Å²) in [6, 6.07) is 8.39. The summed E-state index contributed by atoms with van der Waals surface area (Å²) in [4.78, 5) is 26.5. The van der Waals surface area contributed by atoms with Crippen LogP contribution in [0.2, 0.25) is 0 Å². The van der Waals surface area contributed by atoms with Crippen molar-refractivity contribution >= 4 is 23.6 Å². The summed E-state index contributed by atoms with van der Waals surface area (Å²) in [6.07, 6.45) is 2.16. The molecule has 0 aliphatic carbocycles. The Hall–Kier alpha value is -1.53. The molecule has 0 aromatic heterocycles. The number of carboxylic acid groups (broad SMARTS) is 1. The molecule has 1 aliphatic rings. The molecule has 1 heterocycles. The van der Waals surface area contributed by atoms with Gasteiger partial charge in [0, 0.05) is 24.6 Å². The van der Waals surface area contributed by atoms with E-state index < -0.39 is 18.1 Å². The molecule has 2 rings (SSSR count). The molecule has 1 aromatic carbocycles. The van der Waals surface area contributed by atoms with Crippen LogP contribution < -0.4 is 5.32 Å². The summed E-state index contributed by atoms with van der Waals surface area (Å²) in [5.74, 6) is 0.818. The Balaban J connectivity index is 2.15. The molecular weight excluding hydrogens is 324 g/mol. The summed E-state index contributed by atoms with van der Waals surface area (Å²) in [5.41, 5.74) is 0.918. The normalized spacial score (nSPS) is 17.9. The van der Waals surface area contributed by atoms with Gasteiger partial charge in [0.2, 0.25) is 5.91 Å². The third-order valence-corrected chi connectivity index (χ3v) is 5.18. The van der Waals surface area contributed by atoms with Gasteiger partial charge in [0.25, 0.3) is 0 Å². The lowest BCUT2D eigenvalue weighted by Gasteiger charge is -2.34. The molecule has 0 radical (unpaired) electrons. The molecule has 6 heteroatoms.